The summed E-state index contributed by atoms with van der Waals surface area (Å²) < 4.78 is 5.11. The van der Waals surface area contributed by atoms with Gasteiger partial charge in [-0.1, -0.05) is 17.2 Å². The van der Waals surface area contributed by atoms with E-state index in [1.807, 2.05) is 6.07 Å². The number of benzene rings is 1. The van der Waals surface area contributed by atoms with Gasteiger partial charge in [0, 0.05) is 0 Å². The number of carboxylic acids is 1. The Kier molecular flexibility index (Phi) is 3.20. The fraction of sp³-hybridized carbons (Fsp3) is 0.0909. The van der Waals surface area contributed by atoms with Gasteiger partial charge in [-0.25, -0.2) is 4.79 Å². The Morgan fingerprint density at radius 3 is 2.94 bits per heavy atom. The minimum atomic E-state index is -1.06. The standard InChI is InChI=1S/C11H8N4O3/c12-6-5-9-14-15-11(18-9)13-8-4-2-1-3-7(8)10(16)17/h1-4H,5H2,(H,13,15)(H,16,17). The van der Waals surface area contributed by atoms with Crippen LogP contribution >= 0.6 is 0 Å². The van der Waals surface area contributed by atoms with E-state index in [0.717, 1.165) is 0 Å². The van der Waals surface area contributed by atoms with Gasteiger partial charge >= 0.3 is 12.0 Å². The topological polar surface area (TPSA) is 112 Å². The second kappa shape index (κ2) is 4.97. The molecule has 0 amide bonds. The van der Waals surface area contributed by atoms with E-state index < -0.39 is 5.97 Å². The van der Waals surface area contributed by atoms with Crippen molar-refractivity contribution in [3.8, 4) is 6.07 Å². The second-order valence-electron chi connectivity index (χ2n) is 3.31. The number of aromatic nitrogens is 2. The molecule has 0 aliphatic carbocycles. The van der Waals surface area contributed by atoms with Crippen LogP contribution < -0.4 is 5.32 Å². The summed E-state index contributed by atoms with van der Waals surface area (Å²) in [5, 5.41) is 27.4. The molecule has 2 aromatic rings. The van der Waals surface area contributed by atoms with Gasteiger partial charge in [0.2, 0.25) is 5.89 Å². The van der Waals surface area contributed by atoms with Crippen LogP contribution in [0.3, 0.4) is 0 Å². The molecule has 0 radical (unpaired) electrons. The van der Waals surface area contributed by atoms with E-state index in [4.69, 9.17) is 14.8 Å². The molecule has 2 rings (SSSR count). The molecule has 0 aliphatic rings. The maximum atomic E-state index is 11.0. The van der Waals surface area contributed by atoms with Crippen molar-refractivity contribution in [3.05, 3.63) is 35.7 Å². The molecule has 2 N–H and O–H groups in total. The first-order valence-corrected chi connectivity index (χ1v) is 4.99. The lowest BCUT2D eigenvalue weighted by molar-refractivity contribution is 0.0698. The summed E-state index contributed by atoms with van der Waals surface area (Å²) in [5.74, 6) is -0.886. The van der Waals surface area contributed by atoms with Crippen LogP contribution in [0.1, 0.15) is 16.2 Å². The number of nitrogens with one attached hydrogen (secondary N) is 1. The van der Waals surface area contributed by atoms with E-state index in [9.17, 15) is 4.79 Å². The number of nitriles is 1. The average molecular weight is 244 g/mol. The molecular formula is C11H8N4O3. The fourth-order valence-electron chi connectivity index (χ4n) is 1.34. The zero-order valence-corrected chi connectivity index (χ0v) is 9.12. The average Bonchev–Trinajstić information content (AvgIpc) is 2.77. The Morgan fingerprint density at radius 1 is 1.44 bits per heavy atom. The van der Waals surface area contributed by atoms with Gasteiger partial charge in [-0.05, 0) is 12.1 Å². The minimum absolute atomic E-state index is 0.00918. The van der Waals surface area contributed by atoms with Crippen LogP contribution in [0.2, 0.25) is 0 Å². The predicted molar refractivity (Wildman–Crippen MR) is 60.3 cm³/mol. The van der Waals surface area contributed by atoms with Gasteiger partial charge in [0.25, 0.3) is 0 Å². The van der Waals surface area contributed by atoms with Crippen molar-refractivity contribution in [2.75, 3.05) is 5.32 Å². The van der Waals surface area contributed by atoms with Crippen LogP contribution in [0.5, 0.6) is 0 Å². The molecule has 0 aliphatic heterocycles. The maximum absolute atomic E-state index is 11.0. The smallest absolute Gasteiger partial charge is 0.337 e. The number of carboxylic acid groups (broad SMARTS) is 1. The highest BCUT2D eigenvalue weighted by atomic mass is 16.4. The molecule has 0 atom stereocenters. The third-order valence-electron chi connectivity index (χ3n) is 2.10. The third kappa shape index (κ3) is 2.44. The van der Waals surface area contributed by atoms with Crippen molar-refractivity contribution in [2.24, 2.45) is 0 Å². The Bertz CT molecular complexity index is 615. The van der Waals surface area contributed by atoms with Gasteiger partial charge in [-0.15, -0.1) is 5.10 Å². The Labute approximate surface area is 102 Å². The lowest BCUT2D eigenvalue weighted by Gasteiger charge is -2.04. The van der Waals surface area contributed by atoms with E-state index in [1.54, 1.807) is 18.2 Å². The van der Waals surface area contributed by atoms with E-state index in [2.05, 4.69) is 15.5 Å². The van der Waals surface area contributed by atoms with E-state index >= 15 is 0 Å². The van der Waals surface area contributed by atoms with Gasteiger partial charge in [0.1, 0.15) is 6.42 Å². The van der Waals surface area contributed by atoms with Crippen LogP contribution in [-0.4, -0.2) is 21.3 Å². The van der Waals surface area contributed by atoms with E-state index in [1.165, 1.54) is 6.07 Å². The number of rotatable bonds is 4. The molecule has 0 unspecified atom stereocenters. The zero-order valence-electron chi connectivity index (χ0n) is 9.12. The van der Waals surface area contributed by atoms with Gasteiger partial charge in [0.05, 0.1) is 17.3 Å². The van der Waals surface area contributed by atoms with Gasteiger partial charge in [-0.2, -0.15) is 5.26 Å². The first-order chi connectivity index (χ1) is 8.70. The zero-order chi connectivity index (χ0) is 13.0. The van der Waals surface area contributed by atoms with Gasteiger partial charge in [-0.3, -0.25) is 0 Å². The molecule has 1 aromatic heterocycles. The highest BCUT2D eigenvalue weighted by molar-refractivity contribution is 5.94. The fourth-order valence-corrected chi connectivity index (χ4v) is 1.34. The van der Waals surface area contributed by atoms with Crippen LogP contribution in [-0.2, 0) is 6.42 Å². The first kappa shape index (κ1) is 11.6. The molecule has 18 heavy (non-hydrogen) atoms. The molecule has 1 heterocycles. The lowest BCUT2D eigenvalue weighted by Crippen LogP contribution is -2.02. The van der Waals surface area contributed by atoms with E-state index in [0.29, 0.717) is 5.69 Å². The Morgan fingerprint density at radius 2 is 2.22 bits per heavy atom. The Hall–Kier alpha value is -2.88. The second-order valence-corrected chi connectivity index (χ2v) is 3.31. The normalized spacial score (nSPS) is 9.72. The Balaban J connectivity index is 2.23. The molecule has 0 bridgehead atoms. The first-order valence-electron chi connectivity index (χ1n) is 4.99. The molecular weight excluding hydrogens is 236 g/mol. The predicted octanol–water partition coefficient (Wildman–Crippen LogP) is 1.58. The quantitative estimate of drug-likeness (QED) is 0.839. The third-order valence-corrected chi connectivity index (χ3v) is 2.10. The molecule has 0 saturated heterocycles. The summed E-state index contributed by atoms with van der Waals surface area (Å²) in [6.07, 6.45) is 0.00918. The molecule has 0 saturated carbocycles. The highest BCUT2D eigenvalue weighted by Gasteiger charge is 2.12. The van der Waals surface area contributed by atoms with Crippen molar-refractivity contribution in [2.45, 2.75) is 6.42 Å². The molecule has 90 valence electrons. The van der Waals surface area contributed by atoms with Crippen molar-refractivity contribution < 1.29 is 14.3 Å². The highest BCUT2D eigenvalue weighted by Crippen LogP contribution is 2.19. The number of anilines is 2. The van der Waals surface area contributed by atoms with Crippen molar-refractivity contribution in [1.82, 2.24) is 10.2 Å². The number of carbonyl (C=O) groups is 1. The summed E-state index contributed by atoms with van der Waals surface area (Å²) >= 11 is 0. The molecule has 0 fully saturated rings. The molecule has 7 heteroatoms. The van der Waals surface area contributed by atoms with Crippen LogP contribution in [0.4, 0.5) is 11.7 Å². The van der Waals surface area contributed by atoms with Crippen molar-refractivity contribution >= 4 is 17.7 Å². The molecule has 7 nitrogen and oxygen atoms in total. The number of hydrogen-bond donors (Lipinski definition) is 2. The number of aromatic carboxylic acids is 1. The minimum Gasteiger partial charge on any atom is -0.478 e. The molecule has 1 aromatic carbocycles. The van der Waals surface area contributed by atoms with Crippen LogP contribution in [0.25, 0.3) is 0 Å². The number of nitrogens with zero attached hydrogens (tertiary/aromatic N) is 3. The van der Waals surface area contributed by atoms with Crippen LogP contribution in [0.15, 0.2) is 28.7 Å². The summed E-state index contributed by atoms with van der Waals surface area (Å²) in [5.41, 5.74) is 0.440. The summed E-state index contributed by atoms with van der Waals surface area (Å²) in [6.45, 7) is 0. The number of hydrogen-bond acceptors (Lipinski definition) is 6. The van der Waals surface area contributed by atoms with Gasteiger partial charge in [0.15, 0.2) is 0 Å². The van der Waals surface area contributed by atoms with Crippen molar-refractivity contribution in [3.63, 3.8) is 0 Å². The maximum Gasteiger partial charge on any atom is 0.337 e. The summed E-state index contributed by atoms with van der Waals surface area (Å²) in [7, 11) is 0. The summed E-state index contributed by atoms with van der Waals surface area (Å²) in [6, 6.07) is 8.26. The monoisotopic (exact) mass is 244 g/mol. The lowest BCUT2D eigenvalue weighted by atomic mass is 10.2. The van der Waals surface area contributed by atoms with Crippen LogP contribution in [0, 0.1) is 11.3 Å². The van der Waals surface area contributed by atoms with E-state index in [-0.39, 0.29) is 23.9 Å². The molecule has 0 spiro atoms. The summed E-state index contributed by atoms with van der Waals surface area (Å²) in [4.78, 5) is 11.0. The number of para-hydroxylation sites is 1. The largest absolute Gasteiger partial charge is 0.478 e. The van der Waals surface area contributed by atoms with Gasteiger partial charge < -0.3 is 14.8 Å². The SMILES string of the molecule is N#CCc1nnc(Nc2ccccc2C(=O)O)o1. The van der Waals surface area contributed by atoms with Crippen molar-refractivity contribution in [1.29, 1.82) is 5.26 Å².